The molecule has 0 spiro atoms. The molecule has 0 radical (unpaired) electrons. The molecule has 0 N–H and O–H groups in total. The second-order valence-electron chi connectivity index (χ2n) is 5.88. The van der Waals surface area contributed by atoms with Gasteiger partial charge in [0, 0.05) is 11.6 Å². The van der Waals surface area contributed by atoms with Gasteiger partial charge < -0.3 is 4.40 Å². The van der Waals surface area contributed by atoms with Crippen molar-refractivity contribution in [1.29, 1.82) is 0 Å². The van der Waals surface area contributed by atoms with Crippen LogP contribution in [0.15, 0.2) is 48.7 Å². The molecule has 2 aromatic heterocycles. The van der Waals surface area contributed by atoms with Crippen LogP contribution in [0, 0.1) is 11.5 Å². The van der Waals surface area contributed by atoms with Gasteiger partial charge in [0.2, 0.25) is 0 Å². The minimum absolute atomic E-state index is 1.09. The monoisotopic (exact) mass is 263 g/mol. The predicted octanol–water partition coefficient (Wildman–Crippen LogP) is 4.32. The van der Waals surface area contributed by atoms with E-state index in [1.165, 1.54) is 16.3 Å². The van der Waals surface area contributed by atoms with E-state index < -0.39 is 8.07 Å². The van der Waals surface area contributed by atoms with Crippen molar-refractivity contribution in [3.05, 3.63) is 54.4 Å². The molecule has 0 bridgehead atoms. The highest BCUT2D eigenvalue weighted by Gasteiger charge is 2.08. The van der Waals surface area contributed by atoms with Crippen LogP contribution in [-0.4, -0.2) is 12.5 Å². The van der Waals surface area contributed by atoms with E-state index in [9.17, 15) is 0 Å². The summed E-state index contributed by atoms with van der Waals surface area (Å²) in [5, 5.41) is 2.56. The van der Waals surface area contributed by atoms with Gasteiger partial charge in [0.25, 0.3) is 0 Å². The zero-order valence-electron chi connectivity index (χ0n) is 11.6. The van der Waals surface area contributed by atoms with Gasteiger partial charge in [-0.05, 0) is 23.6 Å². The molecule has 0 saturated heterocycles. The smallest absolute Gasteiger partial charge is 0.129 e. The maximum atomic E-state index is 3.43. The Kier molecular flexibility index (Phi) is 2.73. The van der Waals surface area contributed by atoms with E-state index >= 15 is 0 Å². The SMILES string of the molecule is C[Si](C)(C)C#Cc1ccc2c3ccccc3ccn12. The summed E-state index contributed by atoms with van der Waals surface area (Å²) in [6.45, 7) is 6.81. The molecule has 1 nitrogen and oxygen atoms in total. The quantitative estimate of drug-likeness (QED) is 0.420. The van der Waals surface area contributed by atoms with Crippen LogP contribution in [0.25, 0.3) is 16.3 Å². The van der Waals surface area contributed by atoms with E-state index in [0.717, 1.165) is 5.69 Å². The third kappa shape index (κ3) is 2.30. The molecule has 94 valence electrons. The molecule has 19 heavy (non-hydrogen) atoms. The molecule has 0 aliphatic carbocycles. The fourth-order valence-corrected chi connectivity index (χ4v) is 2.72. The lowest BCUT2D eigenvalue weighted by atomic mass is 10.1. The van der Waals surface area contributed by atoms with E-state index in [-0.39, 0.29) is 0 Å². The molecule has 0 atom stereocenters. The fraction of sp³-hybridized carbons (Fsp3) is 0.176. The van der Waals surface area contributed by atoms with E-state index in [1.54, 1.807) is 0 Å². The highest BCUT2D eigenvalue weighted by atomic mass is 28.3. The Bertz CT molecular complexity index is 810. The summed E-state index contributed by atoms with van der Waals surface area (Å²) in [5.74, 6) is 3.35. The maximum Gasteiger partial charge on any atom is 0.129 e. The van der Waals surface area contributed by atoms with Crippen molar-refractivity contribution in [1.82, 2.24) is 4.40 Å². The molecule has 0 aliphatic heterocycles. The molecule has 0 fully saturated rings. The number of benzene rings is 1. The Morgan fingerprint density at radius 2 is 1.74 bits per heavy atom. The van der Waals surface area contributed by atoms with Crippen molar-refractivity contribution in [3.63, 3.8) is 0 Å². The second-order valence-corrected chi connectivity index (χ2v) is 10.6. The Morgan fingerprint density at radius 1 is 0.947 bits per heavy atom. The van der Waals surface area contributed by atoms with E-state index in [4.69, 9.17) is 0 Å². The molecule has 2 heteroatoms. The van der Waals surface area contributed by atoms with Crippen molar-refractivity contribution in [2.45, 2.75) is 19.6 Å². The Hall–Kier alpha value is -1.98. The minimum Gasteiger partial charge on any atom is -0.309 e. The Balaban J connectivity index is 2.24. The van der Waals surface area contributed by atoms with Gasteiger partial charge in [0.05, 0.1) is 11.2 Å². The first-order valence-corrected chi connectivity index (χ1v) is 10.1. The molecule has 0 unspecified atom stereocenters. The number of pyridine rings is 1. The number of rotatable bonds is 0. The first-order chi connectivity index (χ1) is 9.04. The van der Waals surface area contributed by atoms with Gasteiger partial charge in [-0.25, -0.2) is 0 Å². The predicted molar refractivity (Wildman–Crippen MR) is 85.1 cm³/mol. The number of hydrogen-bond acceptors (Lipinski definition) is 0. The zero-order valence-corrected chi connectivity index (χ0v) is 12.6. The van der Waals surface area contributed by atoms with Crippen LogP contribution in [0.4, 0.5) is 0 Å². The first kappa shape index (κ1) is 12.1. The van der Waals surface area contributed by atoms with Crippen molar-refractivity contribution < 1.29 is 0 Å². The molecule has 3 rings (SSSR count). The zero-order chi connectivity index (χ0) is 13.5. The number of hydrogen-bond donors (Lipinski definition) is 0. The highest BCUT2D eigenvalue weighted by Crippen LogP contribution is 2.21. The average Bonchev–Trinajstić information content (AvgIpc) is 2.79. The van der Waals surface area contributed by atoms with Gasteiger partial charge in [0.15, 0.2) is 0 Å². The van der Waals surface area contributed by atoms with Gasteiger partial charge in [0.1, 0.15) is 8.07 Å². The maximum absolute atomic E-state index is 3.43. The molecule has 0 amide bonds. The second kappa shape index (κ2) is 4.29. The highest BCUT2D eigenvalue weighted by molar-refractivity contribution is 6.83. The third-order valence-corrected chi connectivity index (χ3v) is 4.00. The van der Waals surface area contributed by atoms with Crippen LogP contribution in [0.3, 0.4) is 0 Å². The van der Waals surface area contributed by atoms with E-state index in [2.05, 4.69) is 84.2 Å². The molecule has 1 aromatic carbocycles. The summed E-state index contributed by atoms with van der Waals surface area (Å²) >= 11 is 0. The summed E-state index contributed by atoms with van der Waals surface area (Å²) in [4.78, 5) is 0. The Labute approximate surface area is 114 Å². The summed E-state index contributed by atoms with van der Waals surface area (Å²) in [5.41, 5.74) is 5.75. The molecule has 0 aliphatic rings. The van der Waals surface area contributed by atoms with Crippen molar-refractivity contribution in [3.8, 4) is 11.5 Å². The van der Waals surface area contributed by atoms with Crippen LogP contribution < -0.4 is 0 Å². The van der Waals surface area contributed by atoms with Crippen LogP contribution >= 0.6 is 0 Å². The van der Waals surface area contributed by atoms with Gasteiger partial charge in [-0.15, -0.1) is 5.54 Å². The van der Waals surface area contributed by atoms with Gasteiger partial charge in [-0.2, -0.15) is 0 Å². The standard InChI is InChI=1S/C17H17NSi/c1-19(2,3)13-11-15-8-9-17-16-7-5-4-6-14(16)10-12-18(15)17/h4-10,12H,1-3H3. The van der Waals surface area contributed by atoms with E-state index in [0.29, 0.717) is 0 Å². The normalized spacial score (nSPS) is 11.5. The van der Waals surface area contributed by atoms with Crippen molar-refractivity contribution in [2.75, 3.05) is 0 Å². The largest absolute Gasteiger partial charge is 0.309 e. The lowest BCUT2D eigenvalue weighted by Crippen LogP contribution is -2.16. The van der Waals surface area contributed by atoms with Crippen molar-refractivity contribution in [2.24, 2.45) is 0 Å². The lowest BCUT2D eigenvalue weighted by Gasteiger charge is -2.04. The summed E-state index contributed by atoms with van der Waals surface area (Å²) in [6, 6.07) is 14.9. The fourth-order valence-electron chi connectivity index (χ4n) is 2.21. The molecule has 0 saturated carbocycles. The molecule has 2 heterocycles. The number of nitrogens with zero attached hydrogens (tertiary/aromatic N) is 1. The molecule has 3 aromatic rings. The molecular formula is C17H17NSi. The van der Waals surface area contributed by atoms with E-state index in [1.807, 2.05) is 0 Å². The average molecular weight is 263 g/mol. The summed E-state index contributed by atoms with van der Waals surface area (Å²) in [6.07, 6.45) is 2.12. The Morgan fingerprint density at radius 3 is 2.53 bits per heavy atom. The minimum atomic E-state index is -1.33. The van der Waals surface area contributed by atoms with Gasteiger partial charge >= 0.3 is 0 Å². The summed E-state index contributed by atoms with van der Waals surface area (Å²) in [7, 11) is -1.33. The first-order valence-electron chi connectivity index (χ1n) is 6.57. The van der Waals surface area contributed by atoms with Crippen LogP contribution in [0.1, 0.15) is 5.69 Å². The van der Waals surface area contributed by atoms with Crippen molar-refractivity contribution >= 4 is 24.4 Å². The van der Waals surface area contributed by atoms with Crippen LogP contribution in [0.2, 0.25) is 19.6 Å². The third-order valence-electron chi connectivity index (χ3n) is 3.12. The number of aromatic nitrogens is 1. The lowest BCUT2D eigenvalue weighted by molar-refractivity contribution is 1.18. The van der Waals surface area contributed by atoms with Crippen LogP contribution in [0.5, 0.6) is 0 Å². The summed E-state index contributed by atoms with van der Waals surface area (Å²) < 4.78 is 2.19. The van der Waals surface area contributed by atoms with Gasteiger partial charge in [-0.3, -0.25) is 0 Å². The number of fused-ring (bicyclic) bond motifs is 3. The van der Waals surface area contributed by atoms with Gasteiger partial charge in [-0.1, -0.05) is 49.8 Å². The topological polar surface area (TPSA) is 4.41 Å². The van der Waals surface area contributed by atoms with Crippen LogP contribution in [-0.2, 0) is 0 Å². The molecular weight excluding hydrogens is 246 g/mol.